The minimum absolute atomic E-state index is 0.184. The molecular formula is C35H38Cl2N2O5. The second-order valence-electron chi connectivity index (χ2n) is 11.7. The number of rotatable bonds is 11. The maximum Gasteiger partial charge on any atom is 0.306 e. The largest absolute Gasteiger partial charge is 0.489 e. The normalized spacial score (nSPS) is 15.8. The first-order valence-corrected chi connectivity index (χ1v) is 15.4. The fourth-order valence-corrected chi connectivity index (χ4v) is 5.57. The molecule has 1 aliphatic heterocycles. The van der Waals surface area contributed by atoms with Crippen LogP contribution in [0, 0.1) is 0 Å². The fraction of sp³-hybridized carbons (Fsp3) is 0.343. The smallest absolute Gasteiger partial charge is 0.306 e. The third kappa shape index (κ3) is 7.82. The zero-order chi connectivity index (χ0) is 32.0. The molecule has 9 heteroatoms. The number of unbranched alkanes of at least 4 members (excludes halogenated alkanes) is 1. The number of hydrogen-bond acceptors (Lipinski definition) is 5. The van der Waals surface area contributed by atoms with E-state index in [4.69, 9.17) is 32.7 Å². The number of halogens is 2. The summed E-state index contributed by atoms with van der Waals surface area (Å²) in [6, 6.07) is 17.8. The Hall–Kier alpha value is -3.81. The Morgan fingerprint density at radius 3 is 2.36 bits per heavy atom. The van der Waals surface area contributed by atoms with E-state index in [0.717, 1.165) is 5.56 Å². The van der Waals surface area contributed by atoms with E-state index in [1.165, 1.54) is 0 Å². The van der Waals surface area contributed by atoms with Crippen molar-refractivity contribution in [2.24, 2.45) is 0 Å². The van der Waals surface area contributed by atoms with E-state index < -0.39 is 17.7 Å². The average Bonchev–Trinajstić information content (AvgIpc) is 3.06. The second-order valence-corrected chi connectivity index (χ2v) is 12.5. The summed E-state index contributed by atoms with van der Waals surface area (Å²) in [6.45, 7) is 11.6. The van der Waals surface area contributed by atoms with Crippen LogP contribution in [0.2, 0.25) is 10.0 Å². The Morgan fingerprint density at radius 2 is 1.68 bits per heavy atom. The summed E-state index contributed by atoms with van der Waals surface area (Å²) in [6.07, 6.45) is 2.86. The Labute approximate surface area is 269 Å². The van der Waals surface area contributed by atoms with Gasteiger partial charge in [0, 0.05) is 28.6 Å². The molecule has 0 spiro atoms. The zero-order valence-electron chi connectivity index (χ0n) is 25.5. The first kappa shape index (κ1) is 33.1. The van der Waals surface area contributed by atoms with Crippen molar-refractivity contribution in [1.29, 1.82) is 0 Å². The molecule has 0 aromatic heterocycles. The van der Waals surface area contributed by atoms with Gasteiger partial charge in [-0.05, 0) is 82.5 Å². The van der Waals surface area contributed by atoms with Crippen molar-refractivity contribution in [2.75, 3.05) is 18.1 Å². The highest BCUT2D eigenvalue weighted by molar-refractivity contribution is 6.31. The van der Waals surface area contributed by atoms with Crippen molar-refractivity contribution in [3.05, 3.63) is 106 Å². The molecule has 232 valence electrons. The lowest BCUT2D eigenvalue weighted by molar-refractivity contribution is -0.154. The molecule has 3 aromatic rings. The number of carbonyl (C=O) groups excluding carboxylic acids is 3. The van der Waals surface area contributed by atoms with Crippen LogP contribution in [0.15, 0.2) is 79.4 Å². The van der Waals surface area contributed by atoms with E-state index in [1.54, 1.807) is 70.5 Å². The topological polar surface area (TPSA) is 76.1 Å². The van der Waals surface area contributed by atoms with Crippen molar-refractivity contribution in [2.45, 2.75) is 64.6 Å². The van der Waals surface area contributed by atoms with Gasteiger partial charge < -0.3 is 19.3 Å². The van der Waals surface area contributed by atoms with Crippen molar-refractivity contribution in [3.63, 3.8) is 0 Å². The molecule has 0 bridgehead atoms. The van der Waals surface area contributed by atoms with Crippen LogP contribution in [0.25, 0.3) is 0 Å². The number of ether oxygens (including phenoxy) is 2. The molecule has 2 atom stereocenters. The van der Waals surface area contributed by atoms with Gasteiger partial charge in [0.15, 0.2) is 0 Å². The second kappa shape index (κ2) is 14.3. The van der Waals surface area contributed by atoms with Crippen molar-refractivity contribution in [1.82, 2.24) is 4.90 Å². The van der Waals surface area contributed by atoms with Gasteiger partial charge >= 0.3 is 5.97 Å². The molecule has 7 nitrogen and oxygen atoms in total. The first-order valence-electron chi connectivity index (χ1n) is 14.6. The first-order chi connectivity index (χ1) is 20.9. The van der Waals surface area contributed by atoms with Crippen LogP contribution >= 0.6 is 23.2 Å². The van der Waals surface area contributed by atoms with Crippen molar-refractivity contribution in [3.8, 4) is 5.75 Å². The summed E-state index contributed by atoms with van der Waals surface area (Å²) in [5.74, 6) is -0.511. The summed E-state index contributed by atoms with van der Waals surface area (Å²) >= 11 is 12.5. The predicted molar refractivity (Wildman–Crippen MR) is 174 cm³/mol. The molecule has 3 aromatic carbocycles. The molecule has 2 unspecified atom stereocenters. The van der Waals surface area contributed by atoms with Gasteiger partial charge in [-0.3, -0.25) is 14.4 Å². The number of nitrogens with zero attached hydrogens (tertiary/aromatic N) is 2. The predicted octanol–water partition coefficient (Wildman–Crippen LogP) is 8.36. The highest BCUT2D eigenvalue weighted by atomic mass is 35.5. The summed E-state index contributed by atoms with van der Waals surface area (Å²) in [5.41, 5.74) is 1.66. The highest BCUT2D eigenvalue weighted by Gasteiger charge is 2.44. The number of para-hydroxylation sites is 1. The van der Waals surface area contributed by atoms with Gasteiger partial charge in [0.05, 0.1) is 17.3 Å². The van der Waals surface area contributed by atoms with Crippen LogP contribution in [-0.4, -0.2) is 41.4 Å². The molecule has 1 heterocycles. The zero-order valence-corrected chi connectivity index (χ0v) is 27.0. The SMILES string of the molecule is C=CCOc1cc(Cl)ccc1C1C(=O)N(CCCCC(=O)OC(C)(C)C)c2ccccc2C(=O)N1C(C)c1ccc(Cl)cc1. The number of amides is 2. The number of carbonyl (C=O) groups is 3. The molecule has 0 radical (unpaired) electrons. The maximum atomic E-state index is 14.8. The number of benzene rings is 3. The van der Waals surface area contributed by atoms with Gasteiger partial charge in [-0.2, -0.15) is 0 Å². The lowest BCUT2D eigenvalue weighted by Crippen LogP contribution is -2.44. The van der Waals surface area contributed by atoms with Gasteiger partial charge in [0.1, 0.15) is 24.0 Å². The molecular weight excluding hydrogens is 599 g/mol. The van der Waals surface area contributed by atoms with Crippen LogP contribution in [-0.2, 0) is 14.3 Å². The van der Waals surface area contributed by atoms with E-state index in [2.05, 4.69) is 6.58 Å². The van der Waals surface area contributed by atoms with E-state index in [0.29, 0.717) is 52.0 Å². The van der Waals surface area contributed by atoms with Gasteiger partial charge in [0.2, 0.25) is 0 Å². The molecule has 44 heavy (non-hydrogen) atoms. The molecule has 4 rings (SSSR count). The van der Waals surface area contributed by atoms with E-state index in [-0.39, 0.29) is 30.8 Å². The summed E-state index contributed by atoms with van der Waals surface area (Å²) in [4.78, 5) is 44.9. The van der Waals surface area contributed by atoms with Gasteiger partial charge in [-0.25, -0.2) is 0 Å². The summed E-state index contributed by atoms with van der Waals surface area (Å²) < 4.78 is 11.4. The van der Waals surface area contributed by atoms with Crippen LogP contribution in [0.1, 0.15) is 80.5 Å². The Morgan fingerprint density at radius 1 is 1.00 bits per heavy atom. The molecule has 0 saturated carbocycles. The van der Waals surface area contributed by atoms with Crippen LogP contribution < -0.4 is 9.64 Å². The monoisotopic (exact) mass is 636 g/mol. The van der Waals surface area contributed by atoms with Crippen molar-refractivity contribution < 1.29 is 23.9 Å². The summed E-state index contributed by atoms with van der Waals surface area (Å²) in [5, 5.41) is 0.997. The lowest BCUT2D eigenvalue weighted by atomic mass is 9.97. The summed E-state index contributed by atoms with van der Waals surface area (Å²) in [7, 11) is 0. The fourth-order valence-electron chi connectivity index (χ4n) is 5.29. The van der Waals surface area contributed by atoms with Crippen LogP contribution in [0.4, 0.5) is 5.69 Å². The number of esters is 1. The highest BCUT2D eigenvalue weighted by Crippen LogP contribution is 2.43. The van der Waals surface area contributed by atoms with E-state index in [9.17, 15) is 14.4 Å². The Kier molecular flexibility index (Phi) is 10.8. The Balaban J connectivity index is 1.79. The number of hydrogen-bond donors (Lipinski definition) is 0. The van der Waals surface area contributed by atoms with Crippen LogP contribution in [0.3, 0.4) is 0 Å². The third-order valence-electron chi connectivity index (χ3n) is 7.27. The molecule has 1 aliphatic rings. The van der Waals surface area contributed by atoms with E-state index in [1.807, 2.05) is 39.8 Å². The van der Waals surface area contributed by atoms with E-state index >= 15 is 0 Å². The standard InChI is InChI=1S/C35H38Cl2N2O5/c1-6-21-43-30-22-26(37)18-19-28(30)32-34(42)38(20-10-9-13-31(40)44-35(3,4)5)29-12-8-7-11-27(29)33(41)39(32)23(2)24-14-16-25(36)17-15-24/h6-8,11-12,14-19,22-23,32H,1,9-10,13,20-21H2,2-5H3. The third-order valence-corrected chi connectivity index (χ3v) is 7.75. The quantitative estimate of drug-likeness (QED) is 0.120. The van der Waals surface area contributed by atoms with Crippen molar-refractivity contribution >= 4 is 46.7 Å². The minimum Gasteiger partial charge on any atom is -0.489 e. The maximum absolute atomic E-state index is 14.8. The van der Waals surface area contributed by atoms with Gasteiger partial charge in [0.25, 0.3) is 11.8 Å². The van der Waals surface area contributed by atoms with Crippen LogP contribution in [0.5, 0.6) is 5.75 Å². The number of fused-ring (bicyclic) bond motifs is 1. The minimum atomic E-state index is -1.05. The lowest BCUT2D eigenvalue weighted by Gasteiger charge is -2.36. The Bertz CT molecular complexity index is 1520. The van der Waals surface area contributed by atoms with Gasteiger partial charge in [-0.15, -0.1) is 0 Å². The molecule has 0 N–H and O–H groups in total. The molecule has 0 fully saturated rings. The molecule has 0 saturated heterocycles. The number of anilines is 1. The molecule has 2 amide bonds. The average molecular weight is 638 g/mol. The molecule has 0 aliphatic carbocycles. The van der Waals surface area contributed by atoms with Gasteiger partial charge in [-0.1, -0.05) is 66.2 Å².